The minimum absolute atomic E-state index is 0.139. The van der Waals surface area contributed by atoms with Crippen molar-refractivity contribution in [1.29, 1.82) is 0 Å². The van der Waals surface area contributed by atoms with E-state index in [2.05, 4.69) is 18.2 Å². The molecule has 0 aliphatic carbocycles. The molecule has 1 aliphatic heterocycles. The van der Waals surface area contributed by atoms with E-state index in [1.165, 1.54) is 0 Å². The molecule has 23 heavy (non-hydrogen) atoms. The Morgan fingerprint density at radius 3 is 2.48 bits per heavy atom. The first-order valence-electron chi connectivity index (χ1n) is 8.00. The van der Waals surface area contributed by atoms with Crippen molar-refractivity contribution in [2.24, 2.45) is 0 Å². The van der Waals surface area contributed by atoms with Crippen LogP contribution >= 0.6 is 0 Å². The van der Waals surface area contributed by atoms with Crippen molar-refractivity contribution in [1.82, 2.24) is 4.90 Å². The number of hydrogen-bond acceptors (Lipinski definition) is 3. The highest BCUT2D eigenvalue weighted by atomic mass is 16.6. The number of amides is 1. The molecule has 1 aliphatic rings. The Balaban J connectivity index is 2.25. The summed E-state index contributed by atoms with van der Waals surface area (Å²) in [5, 5.41) is 0. The van der Waals surface area contributed by atoms with E-state index < -0.39 is 11.3 Å². The molecule has 1 atom stereocenters. The molecule has 1 heterocycles. The van der Waals surface area contributed by atoms with Crippen LogP contribution in [-0.2, 0) is 9.47 Å². The molecule has 4 nitrogen and oxygen atoms in total. The number of nitrogens with zero attached hydrogens (tertiary/aromatic N) is 1. The van der Waals surface area contributed by atoms with E-state index in [0.717, 1.165) is 11.1 Å². The average Bonchev–Trinajstić information content (AvgIpc) is 2.72. The lowest BCUT2D eigenvalue weighted by atomic mass is 10.0. The summed E-state index contributed by atoms with van der Waals surface area (Å²) in [6.45, 7) is 11.9. The molecule has 1 aromatic carbocycles. The Hall–Kier alpha value is -1.81. The number of carbonyl (C=O) groups excluding carboxylic acids is 1. The number of benzene rings is 1. The molecule has 1 aromatic rings. The van der Waals surface area contributed by atoms with E-state index in [9.17, 15) is 4.79 Å². The second-order valence-electron chi connectivity index (χ2n) is 7.39. The van der Waals surface area contributed by atoms with E-state index in [1.807, 2.05) is 59.7 Å². The Bertz CT molecular complexity index is 584. The van der Waals surface area contributed by atoms with Crippen molar-refractivity contribution in [2.45, 2.75) is 58.9 Å². The molecule has 1 fully saturated rings. The normalized spacial score (nSPS) is 21.4. The van der Waals surface area contributed by atoms with Crippen molar-refractivity contribution in [2.75, 3.05) is 6.61 Å². The molecule has 0 N–H and O–H groups in total. The number of hydrogen-bond donors (Lipinski definition) is 0. The van der Waals surface area contributed by atoms with Crippen LogP contribution in [0.3, 0.4) is 0 Å². The Morgan fingerprint density at radius 2 is 1.91 bits per heavy atom. The maximum Gasteiger partial charge on any atom is 0.413 e. The molecule has 0 aromatic heterocycles. The van der Waals surface area contributed by atoms with Gasteiger partial charge in [0.2, 0.25) is 0 Å². The summed E-state index contributed by atoms with van der Waals surface area (Å²) in [4.78, 5) is 14.3. The van der Waals surface area contributed by atoms with Gasteiger partial charge < -0.3 is 9.47 Å². The maximum atomic E-state index is 12.6. The first-order chi connectivity index (χ1) is 10.6. The van der Waals surface area contributed by atoms with Crippen LogP contribution in [0.25, 0.3) is 5.57 Å². The smallest absolute Gasteiger partial charge is 0.413 e. The van der Waals surface area contributed by atoms with Gasteiger partial charge in [-0.25, -0.2) is 4.79 Å². The summed E-state index contributed by atoms with van der Waals surface area (Å²) in [5.41, 5.74) is 1.05. The van der Waals surface area contributed by atoms with Gasteiger partial charge in [-0.2, -0.15) is 0 Å². The zero-order valence-electron chi connectivity index (χ0n) is 14.9. The highest BCUT2D eigenvalue weighted by Gasteiger charge is 2.44. The van der Waals surface area contributed by atoms with Crippen molar-refractivity contribution < 1.29 is 14.3 Å². The summed E-state index contributed by atoms with van der Waals surface area (Å²) in [6, 6.07) is 9.99. The minimum Gasteiger partial charge on any atom is -0.444 e. The van der Waals surface area contributed by atoms with Gasteiger partial charge in [-0.05, 0) is 52.7 Å². The predicted octanol–water partition coefficient (Wildman–Crippen LogP) is 4.46. The second kappa shape index (κ2) is 6.36. The third-order valence-corrected chi connectivity index (χ3v) is 3.78. The third-order valence-electron chi connectivity index (χ3n) is 3.78. The van der Waals surface area contributed by atoms with Gasteiger partial charge in [0.05, 0.1) is 12.6 Å². The fraction of sp³-hybridized carbons (Fsp3) is 0.526. The van der Waals surface area contributed by atoms with Gasteiger partial charge in [0, 0.05) is 0 Å². The second-order valence-corrected chi connectivity index (χ2v) is 7.39. The monoisotopic (exact) mass is 317 g/mol. The molecular formula is C19H27NO3. The molecule has 126 valence electrons. The zero-order chi connectivity index (χ0) is 17.3. The van der Waals surface area contributed by atoms with Crippen LogP contribution in [0.4, 0.5) is 4.79 Å². The minimum atomic E-state index is -0.680. The van der Waals surface area contributed by atoms with Crippen LogP contribution in [0.15, 0.2) is 36.4 Å². The number of rotatable bonds is 2. The number of carbonyl (C=O) groups is 1. The van der Waals surface area contributed by atoms with E-state index in [4.69, 9.17) is 9.47 Å². The van der Waals surface area contributed by atoms with Gasteiger partial charge in [0.1, 0.15) is 11.3 Å². The van der Waals surface area contributed by atoms with Gasteiger partial charge in [-0.1, -0.05) is 36.4 Å². The zero-order valence-corrected chi connectivity index (χ0v) is 14.9. The van der Waals surface area contributed by atoms with Crippen molar-refractivity contribution in [3.63, 3.8) is 0 Å². The maximum absolute atomic E-state index is 12.6. The first-order valence-corrected chi connectivity index (χ1v) is 8.00. The lowest BCUT2D eigenvalue weighted by molar-refractivity contribution is -0.0610. The van der Waals surface area contributed by atoms with E-state index in [1.54, 1.807) is 4.90 Å². The Morgan fingerprint density at radius 1 is 1.30 bits per heavy atom. The largest absolute Gasteiger partial charge is 0.444 e. The molecular weight excluding hydrogens is 290 g/mol. The van der Waals surface area contributed by atoms with Crippen molar-refractivity contribution in [3.8, 4) is 0 Å². The lowest BCUT2D eigenvalue weighted by Gasteiger charge is -2.34. The lowest BCUT2D eigenvalue weighted by Crippen LogP contribution is -2.49. The highest BCUT2D eigenvalue weighted by molar-refractivity contribution is 5.71. The molecule has 4 heteroatoms. The molecule has 1 saturated heterocycles. The standard InChI is InChI=1S/C19H27NO3/c1-14(15-10-8-7-9-11-15)12-16-13-22-19(5,6)20(16)17(21)23-18(2,3)4/h7-12,16H,13H2,1-6H3. The van der Waals surface area contributed by atoms with Crippen LogP contribution in [0.5, 0.6) is 0 Å². The van der Waals surface area contributed by atoms with Crippen LogP contribution in [0.2, 0.25) is 0 Å². The number of allylic oxidation sites excluding steroid dienone is 1. The van der Waals surface area contributed by atoms with E-state index in [0.29, 0.717) is 6.61 Å². The average molecular weight is 317 g/mol. The fourth-order valence-corrected chi connectivity index (χ4v) is 2.71. The third kappa shape index (κ3) is 4.35. The summed E-state index contributed by atoms with van der Waals surface area (Å²) in [6.07, 6.45) is 1.73. The molecule has 1 unspecified atom stereocenters. The van der Waals surface area contributed by atoms with Gasteiger partial charge >= 0.3 is 6.09 Å². The topological polar surface area (TPSA) is 38.8 Å². The van der Waals surface area contributed by atoms with E-state index >= 15 is 0 Å². The molecule has 0 radical (unpaired) electrons. The number of ether oxygens (including phenoxy) is 2. The van der Waals surface area contributed by atoms with Crippen molar-refractivity contribution >= 4 is 11.7 Å². The van der Waals surface area contributed by atoms with Gasteiger partial charge in [-0.3, -0.25) is 4.90 Å². The predicted molar refractivity (Wildman–Crippen MR) is 92.0 cm³/mol. The molecule has 1 amide bonds. The highest BCUT2D eigenvalue weighted by Crippen LogP contribution is 2.31. The van der Waals surface area contributed by atoms with Gasteiger partial charge in [-0.15, -0.1) is 0 Å². The Labute approximate surface area is 139 Å². The summed E-state index contributed by atoms with van der Waals surface area (Å²) in [5.74, 6) is 0. The summed E-state index contributed by atoms with van der Waals surface area (Å²) in [7, 11) is 0. The fourth-order valence-electron chi connectivity index (χ4n) is 2.71. The first kappa shape index (κ1) is 17.5. The van der Waals surface area contributed by atoms with E-state index in [-0.39, 0.29) is 12.1 Å². The molecule has 2 rings (SSSR count). The van der Waals surface area contributed by atoms with Crippen molar-refractivity contribution in [3.05, 3.63) is 42.0 Å². The molecule has 0 spiro atoms. The van der Waals surface area contributed by atoms with Crippen LogP contribution in [0, 0.1) is 0 Å². The molecule has 0 bridgehead atoms. The van der Waals surface area contributed by atoms with Crippen LogP contribution < -0.4 is 0 Å². The Kier molecular flexibility index (Phi) is 4.85. The van der Waals surface area contributed by atoms with Gasteiger partial charge in [0.25, 0.3) is 0 Å². The SMILES string of the molecule is CC(=CC1COC(C)(C)N1C(=O)OC(C)(C)C)c1ccccc1. The summed E-state index contributed by atoms with van der Waals surface area (Å²) < 4.78 is 11.4. The summed E-state index contributed by atoms with van der Waals surface area (Å²) >= 11 is 0. The van der Waals surface area contributed by atoms with Crippen LogP contribution in [0.1, 0.15) is 47.1 Å². The van der Waals surface area contributed by atoms with Gasteiger partial charge in [0.15, 0.2) is 0 Å². The molecule has 0 saturated carbocycles. The quantitative estimate of drug-likeness (QED) is 0.808. The van der Waals surface area contributed by atoms with Crippen LogP contribution in [-0.4, -0.2) is 35.0 Å².